The van der Waals surface area contributed by atoms with Gasteiger partial charge in [-0.1, -0.05) is 5.21 Å². The van der Waals surface area contributed by atoms with Crippen LogP contribution in [0.1, 0.15) is 32.0 Å². The highest BCUT2D eigenvalue weighted by atomic mass is 16.5. The van der Waals surface area contributed by atoms with Crippen molar-refractivity contribution in [2.24, 2.45) is 5.92 Å². The summed E-state index contributed by atoms with van der Waals surface area (Å²) in [5.74, 6) is 0.991. The molecule has 0 bridgehead atoms. The number of hydrogen-bond acceptors (Lipinski definition) is 5. The number of aromatic amines is 1. The Hall–Kier alpha value is -1.50. The molecule has 0 spiro atoms. The fourth-order valence-corrected chi connectivity index (χ4v) is 1.98. The van der Waals surface area contributed by atoms with Gasteiger partial charge in [0.1, 0.15) is 0 Å². The van der Waals surface area contributed by atoms with Gasteiger partial charge in [-0.2, -0.15) is 5.21 Å². The minimum Gasteiger partial charge on any atom is -0.378 e. The lowest BCUT2D eigenvalue weighted by molar-refractivity contribution is -0.124. The monoisotopic (exact) mass is 239 g/mol. The van der Waals surface area contributed by atoms with Crippen LogP contribution in [-0.2, 0) is 16.1 Å². The van der Waals surface area contributed by atoms with E-state index < -0.39 is 0 Å². The van der Waals surface area contributed by atoms with E-state index in [0.29, 0.717) is 30.8 Å². The number of ether oxygens (including phenoxy) is 1. The van der Waals surface area contributed by atoms with Gasteiger partial charge in [-0.3, -0.25) is 4.79 Å². The Balaban J connectivity index is 1.59. The summed E-state index contributed by atoms with van der Waals surface area (Å²) in [7, 11) is 0. The summed E-state index contributed by atoms with van der Waals surface area (Å²) < 4.78 is 5.44. The second-order valence-corrected chi connectivity index (χ2v) is 4.22. The van der Waals surface area contributed by atoms with Gasteiger partial charge in [0, 0.05) is 13.0 Å². The SMILES string of the molecule is CCOC1CC(CC(=O)NCc2nn[nH]n2)C1. The normalized spacial score (nSPS) is 23.1. The van der Waals surface area contributed by atoms with E-state index in [1.165, 1.54) is 0 Å². The lowest BCUT2D eigenvalue weighted by atomic mass is 9.80. The van der Waals surface area contributed by atoms with Crippen LogP contribution in [0.25, 0.3) is 0 Å². The van der Waals surface area contributed by atoms with E-state index in [2.05, 4.69) is 25.9 Å². The van der Waals surface area contributed by atoms with Gasteiger partial charge in [0.05, 0.1) is 12.6 Å². The molecule has 0 saturated heterocycles. The van der Waals surface area contributed by atoms with Crippen molar-refractivity contribution in [2.75, 3.05) is 6.61 Å². The first-order valence-corrected chi connectivity index (χ1v) is 5.88. The van der Waals surface area contributed by atoms with Crippen molar-refractivity contribution >= 4 is 5.91 Å². The van der Waals surface area contributed by atoms with Crippen LogP contribution in [0.4, 0.5) is 0 Å². The molecule has 1 aliphatic carbocycles. The molecule has 1 amide bonds. The van der Waals surface area contributed by atoms with Crippen LogP contribution in [0.15, 0.2) is 0 Å². The summed E-state index contributed by atoms with van der Waals surface area (Å²) >= 11 is 0. The molecule has 1 saturated carbocycles. The number of nitrogens with zero attached hydrogens (tertiary/aromatic N) is 3. The van der Waals surface area contributed by atoms with E-state index in [9.17, 15) is 4.79 Å². The van der Waals surface area contributed by atoms with E-state index in [1.807, 2.05) is 6.92 Å². The molecule has 1 heterocycles. The quantitative estimate of drug-likeness (QED) is 0.730. The Morgan fingerprint density at radius 1 is 1.59 bits per heavy atom. The van der Waals surface area contributed by atoms with Crippen LogP contribution >= 0.6 is 0 Å². The number of carbonyl (C=O) groups excluding carboxylic acids is 1. The Morgan fingerprint density at radius 3 is 3.06 bits per heavy atom. The number of H-pyrrole nitrogens is 1. The molecule has 2 N–H and O–H groups in total. The van der Waals surface area contributed by atoms with E-state index in [0.717, 1.165) is 19.4 Å². The van der Waals surface area contributed by atoms with Gasteiger partial charge in [-0.05, 0) is 25.7 Å². The number of amides is 1. The molecule has 94 valence electrons. The molecule has 7 heteroatoms. The molecule has 1 aromatic rings. The Kier molecular flexibility index (Phi) is 4.03. The molecular weight excluding hydrogens is 222 g/mol. The van der Waals surface area contributed by atoms with Crippen LogP contribution in [0.2, 0.25) is 0 Å². The van der Waals surface area contributed by atoms with Gasteiger partial charge in [-0.15, -0.1) is 10.2 Å². The summed E-state index contributed by atoms with van der Waals surface area (Å²) in [6.07, 6.45) is 2.89. The fourth-order valence-electron chi connectivity index (χ4n) is 1.98. The summed E-state index contributed by atoms with van der Waals surface area (Å²) in [5.41, 5.74) is 0. The summed E-state index contributed by atoms with van der Waals surface area (Å²) in [6, 6.07) is 0. The molecule has 0 atom stereocenters. The third-order valence-electron chi connectivity index (χ3n) is 2.90. The zero-order valence-corrected chi connectivity index (χ0v) is 9.85. The van der Waals surface area contributed by atoms with Gasteiger partial charge in [0.25, 0.3) is 0 Å². The number of nitrogens with one attached hydrogen (secondary N) is 2. The van der Waals surface area contributed by atoms with Crippen molar-refractivity contribution in [3.8, 4) is 0 Å². The molecule has 0 aromatic carbocycles. The van der Waals surface area contributed by atoms with Gasteiger partial charge >= 0.3 is 0 Å². The van der Waals surface area contributed by atoms with Gasteiger partial charge in [-0.25, -0.2) is 0 Å². The summed E-state index contributed by atoms with van der Waals surface area (Å²) in [4.78, 5) is 11.6. The minimum atomic E-state index is 0.0368. The highest BCUT2D eigenvalue weighted by molar-refractivity contribution is 5.76. The predicted octanol–water partition coefficient (Wildman–Crippen LogP) is 0.0211. The van der Waals surface area contributed by atoms with E-state index in [-0.39, 0.29) is 5.91 Å². The average molecular weight is 239 g/mol. The predicted molar refractivity (Wildman–Crippen MR) is 58.8 cm³/mol. The minimum absolute atomic E-state index is 0.0368. The molecular formula is C10H17N5O2. The van der Waals surface area contributed by atoms with Crippen molar-refractivity contribution < 1.29 is 9.53 Å². The molecule has 0 radical (unpaired) electrons. The molecule has 17 heavy (non-hydrogen) atoms. The van der Waals surface area contributed by atoms with Crippen molar-refractivity contribution in [3.05, 3.63) is 5.82 Å². The maximum absolute atomic E-state index is 11.6. The molecule has 7 nitrogen and oxygen atoms in total. The fraction of sp³-hybridized carbons (Fsp3) is 0.800. The number of aromatic nitrogens is 4. The number of rotatable bonds is 6. The first kappa shape index (κ1) is 12.0. The molecule has 0 unspecified atom stereocenters. The molecule has 1 aliphatic rings. The lowest BCUT2D eigenvalue weighted by Gasteiger charge is -2.34. The Bertz CT molecular complexity index is 348. The smallest absolute Gasteiger partial charge is 0.220 e. The topological polar surface area (TPSA) is 92.8 Å². The van der Waals surface area contributed by atoms with Crippen molar-refractivity contribution in [1.82, 2.24) is 25.9 Å². The lowest BCUT2D eigenvalue weighted by Crippen LogP contribution is -2.35. The van der Waals surface area contributed by atoms with Crippen LogP contribution in [0.5, 0.6) is 0 Å². The zero-order valence-electron chi connectivity index (χ0n) is 9.85. The Labute approximate surface area is 99.3 Å². The van der Waals surface area contributed by atoms with Crippen molar-refractivity contribution in [1.29, 1.82) is 0 Å². The largest absolute Gasteiger partial charge is 0.378 e. The number of tetrazole rings is 1. The van der Waals surface area contributed by atoms with E-state index in [1.54, 1.807) is 0 Å². The van der Waals surface area contributed by atoms with Crippen LogP contribution < -0.4 is 5.32 Å². The highest BCUT2D eigenvalue weighted by Gasteiger charge is 2.30. The molecule has 1 fully saturated rings. The van der Waals surface area contributed by atoms with Crippen molar-refractivity contribution in [3.63, 3.8) is 0 Å². The van der Waals surface area contributed by atoms with E-state index in [4.69, 9.17) is 4.74 Å². The summed E-state index contributed by atoms with van der Waals surface area (Å²) in [6.45, 7) is 3.07. The second-order valence-electron chi connectivity index (χ2n) is 4.22. The average Bonchev–Trinajstić information content (AvgIpc) is 2.76. The standard InChI is InChI=1S/C10H17N5O2/c1-2-17-8-3-7(4-8)5-10(16)11-6-9-12-14-15-13-9/h7-8H,2-6H2,1H3,(H,11,16)(H,12,13,14,15). The van der Waals surface area contributed by atoms with Crippen LogP contribution in [0.3, 0.4) is 0 Å². The first-order valence-electron chi connectivity index (χ1n) is 5.88. The zero-order chi connectivity index (χ0) is 12.1. The van der Waals surface area contributed by atoms with Gasteiger partial charge < -0.3 is 10.1 Å². The number of hydrogen-bond donors (Lipinski definition) is 2. The highest BCUT2D eigenvalue weighted by Crippen LogP contribution is 2.32. The van der Waals surface area contributed by atoms with Crippen LogP contribution in [-0.4, -0.2) is 39.2 Å². The van der Waals surface area contributed by atoms with Gasteiger partial charge in [0.2, 0.25) is 5.91 Å². The maximum atomic E-state index is 11.6. The third-order valence-corrected chi connectivity index (χ3v) is 2.90. The van der Waals surface area contributed by atoms with E-state index >= 15 is 0 Å². The first-order chi connectivity index (χ1) is 8.28. The number of carbonyl (C=O) groups is 1. The molecule has 0 aliphatic heterocycles. The van der Waals surface area contributed by atoms with Gasteiger partial charge in [0.15, 0.2) is 5.82 Å². The summed E-state index contributed by atoms with van der Waals surface area (Å²) in [5, 5.41) is 16.0. The van der Waals surface area contributed by atoms with Crippen LogP contribution in [0, 0.1) is 5.92 Å². The second kappa shape index (κ2) is 5.72. The van der Waals surface area contributed by atoms with Crippen molar-refractivity contribution in [2.45, 2.75) is 38.8 Å². The third kappa shape index (κ3) is 3.48. The molecule has 2 rings (SSSR count). The maximum Gasteiger partial charge on any atom is 0.220 e. The Morgan fingerprint density at radius 2 is 2.41 bits per heavy atom. The molecule has 1 aromatic heterocycles.